The van der Waals surface area contributed by atoms with E-state index in [1.807, 2.05) is 12.4 Å². The fraction of sp³-hybridized carbons (Fsp3) is 0.281. The molecule has 3 aromatic carbocycles. The second kappa shape index (κ2) is 10.7. The van der Waals surface area contributed by atoms with E-state index < -0.39 is 0 Å². The van der Waals surface area contributed by atoms with Crippen molar-refractivity contribution >= 4 is 5.91 Å². The summed E-state index contributed by atoms with van der Waals surface area (Å²) in [4.78, 5) is 23.9. The van der Waals surface area contributed by atoms with Crippen molar-refractivity contribution in [3.63, 3.8) is 0 Å². The lowest BCUT2D eigenvalue weighted by Gasteiger charge is -2.42. The van der Waals surface area contributed by atoms with Gasteiger partial charge in [-0.05, 0) is 41.0 Å². The maximum absolute atomic E-state index is 14.3. The first kappa shape index (κ1) is 23.6. The second-order valence-electron chi connectivity index (χ2n) is 10.2. The number of aromatic nitrogens is 2. The van der Waals surface area contributed by atoms with Crippen LogP contribution >= 0.6 is 0 Å². The first-order valence-corrected chi connectivity index (χ1v) is 13.3. The van der Waals surface area contributed by atoms with E-state index in [-0.39, 0.29) is 23.8 Å². The van der Waals surface area contributed by atoms with Gasteiger partial charge >= 0.3 is 0 Å². The molecule has 2 aliphatic heterocycles. The zero-order valence-corrected chi connectivity index (χ0v) is 21.0. The highest BCUT2D eigenvalue weighted by molar-refractivity contribution is 5.82. The highest BCUT2D eigenvalue weighted by Crippen LogP contribution is 2.42. The first-order chi connectivity index (χ1) is 18.3. The molecule has 2 fully saturated rings. The normalized spacial score (nSPS) is 23.6. The predicted molar refractivity (Wildman–Crippen MR) is 145 cm³/mol. The van der Waals surface area contributed by atoms with Gasteiger partial charge in [-0.15, -0.1) is 0 Å². The summed E-state index contributed by atoms with van der Waals surface area (Å²) in [6.07, 6.45) is 7.48. The van der Waals surface area contributed by atoms with Crippen molar-refractivity contribution in [1.29, 1.82) is 0 Å². The molecule has 0 radical (unpaired) electrons. The number of aromatic amines is 1. The van der Waals surface area contributed by atoms with Crippen LogP contribution < -0.4 is 10.3 Å². The molecular weight excluding hydrogens is 456 g/mol. The summed E-state index contributed by atoms with van der Waals surface area (Å²) in [5.74, 6) is 0.742. The largest absolute Gasteiger partial charge is 0.335 e. The molecule has 5 heteroatoms. The van der Waals surface area contributed by atoms with Crippen LogP contribution in [0.25, 0.3) is 11.1 Å². The Hall–Kier alpha value is -3.83. The Kier molecular flexibility index (Phi) is 6.78. The molecule has 2 saturated heterocycles. The number of rotatable bonds is 5. The van der Waals surface area contributed by atoms with Crippen LogP contribution in [0.15, 0.2) is 104 Å². The number of carbonyl (C=O) groups excluding carboxylic acids is 1. The van der Waals surface area contributed by atoms with Gasteiger partial charge < -0.3 is 10.2 Å². The molecule has 1 aromatic heterocycles. The molecule has 2 N–H and O–H groups in total. The predicted octanol–water partition coefficient (Wildman–Crippen LogP) is 5.01. The van der Waals surface area contributed by atoms with Crippen LogP contribution in [0.1, 0.15) is 47.4 Å². The number of amides is 1. The molecule has 4 aromatic rings. The zero-order valence-electron chi connectivity index (χ0n) is 21.0. The Balaban J connectivity index is 1.31. The van der Waals surface area contributed by atoms with Crippen molar-refractivity contribution in [3.8, 4) is 11.1 Å². The van der Waals surface area contributed by atoms with E-state index in [1.165, 1.54) is 16.7 Å². The molecule has 6 rings (SSSR count). The molecule has 2 aliphatic rings. The summed E-state index contributed by atoms with van der Waals surface area (Å²) >= 11 is 0. The Morgan fingerprint density at radius 1 is 0.892 bits per heavy atom. The van der Waals surface area contributed by atoms with Crippen molar-refractivity contribution in [3.05, 3.63) is 120 Å². The van der Waals surface area contributed by atoms with E-state index in [2.05, 4.69) is 105 Å². The van der Waals surface area contributed by atoms with Gasteiger partial charge in [0.1, 0.15) is 0 Å². The molecule has 3 heterocycles. The van der Waals surface area contributed by atoms with Gasteiger partial charge in [0, 0.05) is 25.6 Å². The maximum Gasteiger partial charge on any atom is 0.283 e. The average molecular weight is 490 g/mol. The number of likely N-dealkylation sites (tertiary alicyclic amines) is 1. The lowest BCUT2D eigenvalue weighted by Crippen LogP contribution is -2.45. The molecule has 0 saturated carbocycles. The van der Waals surface area contributed by atoms with E-state index in [0.717, 1.165) is 37.1 Å². The molecule has 0 aliphatic carbocycles. The Labute approximate surface area is 218 Å². The molecule has 0 spiro atoms. The topological polar surface area (TPSA) is 59.4 Å². The number of hydrogen-bond acceptors (Lipinski definition) is 3. The number of benzene rings is 3. The van der Waals surface area contributed by atoms with Crippen molar-refractivity contribution in [2.24, 2.45) is 5.92 Å². The van der Waals surface area contributed by atoms with Gasteiger partial charge in [0.15, 0.2) is 6.20 Å². The molecule has 1 amide bonds. The molecule has 0 bridgehead atoms. The van der Waals surface area contributed by atoms with Crippen molar-refractivity contribution in [1.82, 2.24) is 15.2 Å². The third-order valence-corrected chi connectivity index (χ3v) is 8.15. The number of H-pyrrole nitrogens is 1. The molecule has 5 nitrogen and oxygen atoms in total. The molecule has 186 valence electrons. The van der Waals surface area contributed by atoms with Crippen molar-refractivity contribution in [2.75, 3.05) is 19.6 Å². The van der Waals surface area contributed by atoms with Gasteiger partial charge in [0.2, 0.25) is 5.91 Å². The lowest BCUT2D eigenvalue weighted by molar-refractivity contribution is -0.382. The minimum Gasteiger partial charge on any atom is -0.335 e. The second-order valence-corrected chi connectivity index (χ2v) is 10.2. The van der Waals surface area contributed by atoms with Gasteiger partial charge in [0.25, 0.3) is 6.33 Å². The van der Waals surface area contributed by atoms with E-state index in [9.17, 15) is 4.79 Å². The first-order valence-electron chi connectivity index (χ1n) is 13.3. The zero-order chi connectivity index (χ0) is 25.0. The van der Waals surface area contributed by atoms with Gasteiger partial charge in [-0.3, -0.25) is 4.79 Å². The van der Waals surface area contributed by atoms with Crippen LogP contribution in [0.4, 0.5) is 0 Å². The minimum atomic E-state index is -0.0960. The standard InChI is InChI=1S/C32H32N4O/c37-32(30-21-33-20-29(30)28-14-8-7-13-27(28)26-18-34-22-35-19-26)36-16-15-25(23-9-3-1-4-10-23)17-31(36)24-11-5-2-6-12-24/h1-14,18-19,22,25,29-31,33H,15-17,20-21H2/p+1/t25-,29-,30+,31+/m0/s1. The Bertz CT molecular complexity index is 1330. The molecule has 37 heavy (non-hydrogen) atoms. The summed E-state index contributed by atoms with van der Waals surface area (Å²) in [5, 5.41) is 3.54. The van der Waals surface area contributed by atoms with Crippen molar-refractivity contribution < 1.29 is 9.78 Å². The smallest absolute Gasteiger partial charge is 0.283 e. The molecule has 0 unspecified atom stereocenters. The fourth-order valence-electron chi connectivity index (χ4n) is 6.28. The van der Waals surface area contributed by atoms with Gasteiger partial charge in [0.05, 0.1) is 23.7 Å². The average Bonchev–Trinajstić information content (AvgIpc) is 3.48. The maximum atomic E-state index is 14.3. The fourth-order valence-corrected chi connectivity index (χ4v) is 6.28. The van der Waals surface area contributed by atoms with Crippen LogP contribution in [-0.4, -0.2) is 35.4 Å². The Morgan fingerprint density at radius 2 is 1.62 bits per heavy atom. The summed E-state index contributed by atoms with van der Waals surface area (Å²) in [6.45, 7) is 2.28. The van der Waals surface area contributed by atoms with E-state index in [4.69, 9.17) is 0 Å². The quantitative estimate of drug-likeness (QED) is 0.429. The van der Waals surface area contributed by atoms with Crippen LogP contribution in [-0.2, 0) is 4.79 Å². The van der Waals surface area contributed by atoms with E-state index >= 15 is 0 Å². The third-order valence-electron chi connectivity index (χ3n) is 8.15. The SMILES string of the molecule is O=C([C@@H]1CNC[C@H]1c1ccccc1-c1cnc[nH+]c1)N1CC[C@H](c2ccccc2)C[C@@H]1c1ccccc1. The van der Waals surface area contributed by atoms with Gasteiger partial charge in [-0.25, -0.2) is 4.98 Å². The van der Waals surface area contributed by atoms with Crippen LogP contribution in [0.3, 0.4) is 0 Å². The summed E-state index contributed by atoms with van der Waals surface area (Å²) in [7, 11) is 0. The lowest BCUT2D eigenvalue weighted by atomic mass is 9.80. The highest BCUT2D eigenvalue weighted by atomic mass is 16.2. The summed E-state index contributed by atoms with van der Waals surface area (Å²) < 4.78 is 0. The third kappa shape index (κ3) is 4.79. The number of piperidine rings is 1. The monoisotopic (exact) mass is 489 g/mol. The van der Waals surface area contributed by atoms with E-state index in [1.54, 1.807) is 6.33 Å². The van der Waals surface area contributed by atoms with Crippen LogP contribution in [0, 0.1) is 5.92 Å². The van der Waals surface area contributed by atoms with Crippen LogP contribution in [0.5, 0.6) is 0 Å². The number of nitrogens with zero attached hydrogens (tertiary/aromatic N) is 2. The number of hydrogen-bond donors (Lipinski definition) is 1. The van der Waals surface area contributed by atoms with Gasteiger partial charge in [-0.1, -0.05) is 89.9 Å². The van der Waals surface area contributed by atoms with Gasteiger partial charge in [-0.2, -0.15) is 0 Å². The summed E-state index contributed by atoms with van der Waals surface area (Å²) in [6, 6.07) is 29.9. The molecule has 4 atom stereocenters. The summed E-state index contributed by atoms with van der Waals surface area (Å²) in [5.41, 5.74) is 5.99. The highest BCUT2D eigenvalue weighted by Gasteiger charge is 2.41. The molecular formula is C32H33N4O+. The Morgan fingerprint density at radius 3 is 2.38 bits per heavy atom. The van der Waals surface area contributed by atoms with Crippen LogP contribution in [0.2, 0.25) is 0 Å². The minimum absolute atomic E-state index is 0.0806. The number of carbonyl (C=O) groups is 1. The number of nitrogens with one attached hydrogen (secondary N) is 2. The van der Waals surface area contributed by atoms with E-state index in [0.29, 0.717) is 12.5 Å². The van der Waals surface area contributed by atoms with Crippen molar-refractivity contribution in [2.45, 2.75) is 30.7 Å².